The van der Waals surface area contributed by atoms with Gasteiger partial charge in [0.25, 0.3) is 11.8 Å². The van der Waals surface area contributed by atoms with E-state index >= 15 is 0 Å². The Morgan fingerprint density at radius 2 is 2.00 bits per heavy atom. The Kier molecular flexibility index (Phi) is 2.61. The lowest BCUT2D eigenvalue weighted by Gasteiger charge is -2.11. The van der Waals surface area contributed by atoms with Gasteiger partial charge in [-0.05, 0) is 34.5 Å². The summed E-state index contributed by atoms with van der Waals surface area (Å²) >= 11 is 3.28. The second-order valence-corrected chi connectivity index (χ2v) is 4.13. The molecule has 15 heavy (non-hydrogen) atoms. The maximum atomic E-state index is 11.9. The van der Waals surface area contributed by atoms with Crippen LogP contribution in [0.5, 0.6) is 0 Å². The Balaban J connectivity index is 2.51. The Morgan fingerprint density at radius 1 is 1.27 bits per heavy atom. The second kappa shape index (κ2) is 3.77. The van der Waals surface area contributed by atoms with Crippen LogP contribution in [0.4, 0.5) is 0 Å². The molecule has 1 aromatic rings. The van der Waals surface area contributed by atoms with E-state index in [4.69, 9.17) is 0 Å². The summed E-state index contributed by atoms with van der Waals surface area (Å²) in [6.45, 7) is 4.02. The normalized spacial score (nSPS) is 14.7. The largest absolute Gasteiger partial charge is 0.274 e. The minimum Gasteiger partial charge on any atom is -0.274 e. The van der Waals surface area contributed by atoms with Crippen LogP contribution < -0.4 is 0 Å². The minimum absolute atomic E-state index is 0.222. The van der Waals surface area contributed by atoms with Crippen LogP contribution in [0.25, 0.3) is 0 Å². The molecule has 0 N–H and O–H groups in total. The molecule has 0 atom stereocenters. The quantitative estimate of drug-likeness (QED) is 0.771. The van der Waals surface area contributed by atoms with Gasteiger partial charge >= 0.3 is 0 Å². The van der Waals surface area contributed by atoms with E-state index in [1.165, 1.54) is 4.90 Å². The van der Waals surface area contributed by atoms with Crippen molar-refractivity contribution in [2.24, 2.45) is 0 Å². The van der Waals surface area contributed by atoms with E-state index in [0.717, 1.165) is 0 Å². The summed E-state index contributed by atoms with van der Waals surface area (Å²) in [5.74, 6) is -0.453. The van der Waals surface area contributed by atoms with E-state index in [9.17, 15) is 9.59 Å². The number of halogens is 1. The molecule has 1 aliphatic rings. The van der Waals surface area contributed by atoms with E-state index in [1.54, 1.807) is 18.2 Å². The Morgan fingerprint density at radius 3 is 2.60 bits per heavy atom. The second-order valence-electron chi connectivity index (χ2n) is 3.28. The molecule has 0 aliphatic carbocycles. The number of carbonyl (C=O) groups excluding carboxylic acids is 2. The number of carbonyl (C=O) groups is 2. The molecule has 0 aromatic heterocycles. The van der Waals surface area contributed by atoms with Crippen LogP contribution in [0.1, 0.15) is 27.1 Å². The van der Waals surface area contributed by atoms with Gasteiger partial charge in [-0.15, -0.1) is 0 Å². The number of rotatable bonds is 2. The van der Waals surface area contributed by atoms with E-state index < -0.39 is 0 Å². The van der Waals surface area contributed by atoms with Gasteiger partial charge in [0.2, 0.25) is 0 Å². The van der Waals surface area contributed by atoms with Crippen LogP contribution in [0.3, 0.4) is 0 Å². The zero-order chi connectivity index (χ0) is 11.0. The Bertz CT molecular complexity index is 442. The fourth-order valence-electron chi connectivity index (χ4n) is 1.65. The van der Waals surface area contributed by atoms with Gasteiger partial charge in [0.1, 0.15) is 0 Å². The topological polar surface area (TPSA) is 37.4 Å². The number of hydrogen-bond donors (Lipinski definition) is 0. The van der Waals surface area contributed by atoms with Gasteiger partial charge in [0.05, 0.1) is 11.1 Å². The summed E-state index contributed by atoms with van der Waals surface area (Å²) in [4.78, 5) is 24.9. The molecule has 1 radical (unpaired) electrons. The van der Waals surface area contributed by atoms with Crippen molar-refractivity contribution in [1.82, 2.24) is 4.90 Å². The van der Waals surface area contributed by atoms with Crippen LogP contribution in [0, 0.1) is 6.92 Å². The van der Waals surface area contributed by atoms with Gasteiger partial charge in [-0.2, -0.15) is 0 Å². The van der Waals surface area contributed by atoms with Crippen LogP contribution in [-0.4, -0.2) is 23.3 Å². The lowest BCUT2D eigenvalue weighted by atomic mass is 10.1. The van der Waals surface area contributed by atoms with Crippen LogP contribution in [0.15, 0.2) is 22.7 Å². The zero-order valence-corrected chi connectivity index (χ0v) is 9.58. The minimum atomic E-state index is -0.230. The molecule has 0 unspecified atom stereocenters. The van der Waals surface area contributed by atoms with Crippen molar-refractivity contribution in [1.29, 1.82) is 0 Å². The van der Waals surface area contributed by atoms with Gasteiger partial charge in [-0.1, -0.05) is 13.0 Å². The maximum absolute atomic E-state index is 11.9. The SMILES string of the molecule is [CH2]CCN1C(=O)c2cccc(Br)c2C1=O. The molecule has 4 heteroatoms. The lowest BCUT2D eigenvalue weighted by molar-refractivity contribution is 0.0656. The number of hydrogen-bond acceptors (Lipinski definition) is 2. The van der Waals surface area contributed by atoms with Crippen molar-refractivity contribution in [3.05, 3.63) is 40.7 Å². The van der Waals surface area contributed by atoms with Gasteiger partial charge < -0.3 is 0 Å². The summed E-state index contributed by atoms with van der Waals surface area (Å²) in [7, 11) is 0. The molecule has 0 fully saturated rings. The molecular weight excluding hydrogens is 258 g/mol. The molecule has 1 heterocycles. The Hall–Kier alpha value is -1.16. The molecule has 0 saturated heterocycles. The van der Waals surface area contributed by atoms with Crippen LogP contribution >= 0.6 is 15.9 Å². The highest BCUT2D eigenvalue weighted by atomic mass is 79.9. The van der Waals surface area contributed by atoms with Crippen LogP contribution in [0.2, 0.25) is 0 Å². The van der Waals surface area contributed by atoms with Crippen molar-refractivity contribution in [3.63, 3.8) is 0 Å². The van der Waals surface area contributed by atoms with E-state index in [1.807, 2.05) is 0 Å². The van der Waals surface area contributed by atoms with Gasteiger partial charge in [-0.3, -0.25) is 14.5 Å². The third kappa shape index (κ3) is 1.49. The van der Waals surface area contributed by atoms with E-state index in [0.29, 0.717) is 28.6 Å². The van der Waals surface area contributed by atoms with E-state index in [2.05, 4.69) is 22.9 Å². The number of amides is 2. The van der Waals surface area contributed by atoms with Crippen molar-refractivity contribution in [2.45, 2.75) is 6.42 Å². The summed E-state index contributed by atoms with van der Waals surface area (Å²) in [6.07, 6.45) is 0.531. The molecule has 1 aromatic carbocycles. The maximum Gasteiger partial charge on any atom is 0.262 e. The van der Waals surface area contributed by atoms with Crippen molar-refractivity contribution >= 4 is 27.7 Å². The summed E-state index contributed by atoms with van der Waals surface area (Å²) in [5, 5.41) is 0. The fourth-order valence-corrected chi connectivity index (χ4v) is 2.19. The molecule has 2 rings (SSSR count). The van der Waals surface area contributed by atoms with E-state index in [-0.39, 0.29) is 11.8 Å². The smallest absolute Gasteiger partial charge is 0.262 e. The first kappa shape index (κ1) is 10.4. The first-order valence-corrected chi connectivity index (χ1v) is 5.40. The molecule has 3 nitrogen and oxygen atoms in total. The van der Waals surface area contributed by atoms with Crippen molar-refractivity contribution < 1.29 is 9.59 Å². The number of imide groups is 1. The number of fused-ring (bicyclic) bond motifs is 1. The average molecular weight is 267 g/mol. The summed E-state index contributed by atoms with van der Waals surface area (Å²) < 4.78 is 0.671. The van der Waals surface area contributed by atoms with Crippen molar-refractivity contribution in [3.8, 4) is 0 Å². The molecule has 0 spiro atoms. The number of nitrogens with zero attached hydrogens (tertiary/aromatic N) is 1. The number of benzene rings is 1. The fraction of sp³-hybridized carbons (Fsp3) is 0.182. The third-order valence-corrected chi connectivity index (χ3v) is 2.99. The lowest BCUT2D eigenvalue weighted by Crippen LogP contribution is -2.30. The summed E-state index contributed by atoms with van der Waals surface area (Å²) in [6, 6.07) is 5.18. The van der Waals surface area contributed by atoms with Gasteiger partial charge in [-0.25, -0.2) is 0 Å². The first-order valence-electron chi connectivity index (χ1n) is 4.60. The van der Waals surface area contributed by atoms with Gasteiger partial charge in [0.15, 0.2) is 0 Å². The Labute approximate surface area is 96.2 Å². The molecule has 0 bridgehead atoms. The molecule has 1 aliphatic heterocycles. The molecule has 77 valence electrons. The first-order chi connectivity index (χ1) is 7.16. The molecule has 0 saturated carbocycles. The third-order valence-electron chi connectivity index (χ3n) is 2.33. The predicted octanol–water partition coefficient (Wildman–Crippen LogP) is 2.27. The highest BCUT2D eigenvalue weighted by Gasteiger charge is 2.36. The van der Waals surface area contributed by atoms with Crippen LogP contribution in [-0.2, 0) is 0 Å². The van der Waals surface area contributed by atoms with Gasteiger partial charge in [0, 0.05) is 11.0 Å². The highest BCUT2D eigenvalue weighted by Crippen LogP contribution is 2.29. The standard InChI is InChI=1S/C11H9BrNO2/c1-2-6-13-10(14)7-4-3-5-8(12)9(7)11(13)15/h3-5H,1-2,6H2. The zero-order valence-electron chi connectivity index (χ0n) is 8.00. The van der Waals surface area contributed by atoms with Crippen molar-refractivity contribution in [2.75, 3.05) is 6.54 Å². The molecule has 2 amide bonds. The highest BCUT2D eigenvalue weighted by molar-refractivity contribution is 9.10. The summed E-state index contributed by atoms with van der Waals surface area (Å²) in [5.41, 5.74) is 0.943. The molecular formula is C11H9BrNO2. The average Bonchev–Trinajstić information content (AvgIpc) is 2.45. The monoisotopic (exact) mass is 266 g/mol. The predicted molar refractivity (Wildman–Crippen MR) is 59.5 cm³/mol.